The summed E-state index contributed by atoms with van der Waals surface area (Å²) in [5, 5.41) is 36.7. The highest BCUT2D eigenvalue weighted by Crippen LogP contribution is 2.74. The van der Waals surface area contributed by atoms with E-state index >= 15 is 0 Å². The number of carbonyl (C=O) groups is 1. The van der Waals surface area contributed by atoms with E-state index in [0.717, 1.165) is 37.7 Å². The number of hydrogen-bond acceptors (Lipinski definition) is 5. The summed E-state index contributed by atoms with van der Waals surface area (Å²) in [4.78, 5) is 15.6. The van der Waals surface area contributed by atoms with Crippen molar-refractivity contribution in [2.24, 2.45) is 56.9 Å². The van der Waals surface area contributed by atoms with Crippen molar-refractivity contribution >= 4 is 5.97 Å². The molecule has 0 saturated heterocycles. The van der Waals surface area contributed by atoms with Crippen LogP contribution in [0.4, 0.5) is 0 Å². The zero-order valence-electron chi connectivity index (χ0n) is 24.1. The summed E-state index contributed by atoms with van der Waals surface area (Å²) in [5.41, 5.74) is 9.37. The quantitative estimate of drug-likeness (QED) is 0.116. The Morgan fingerprint density at radius 1 is 1.13 bits per heavy atom. The Bertz CT molecular complexity index is 977. The molecular formula is C30H49N3O5. The van der Waals surface area contributed by atoms with Crippen LogP contribution in [-0.4, -0.2) is 52.8 Å². The number of rotatable bonds is 8. The van der Waals surface area contributed by atoms with E-state index in [1.807, 2.05) is 19.9 Å². The Morgan fingerprint density at radius 2 is 1.84 bits per heavy atom. The molecule has 4 fully saturated rings. The van der Waals surface area contributed by atoms with Gasteiger partial charge in [-0.15, -0.1) is 0 Å². The van der Waals surface area contributed by atoms with E-state index in [1.54, 1.807) is 0 Å². The Hall–Kier alpha value is -1.60. The third-order valence-corrected chi connectivity index (χ3v) is 12.1. The van der Waals surface area contributed by atoms with Crippen LogP contribution in [0.15, 0.2) is 16.8 Å². The molecule has 0 aromatic heterocycles. The molecule has 0 bridgehead atoms. The van der Waals surface area contributed by atoms with Gasteiger partial charge in [0.05, 0.1) is 30.8 Å². The molecular weight excluding hydrogens is 482 g/mol. The maximum Gasteiger partial charge on any atom is 0.307 e. The van der Waals surface area contributed by atoms with E-state index in [-0.39, 0.29) is 65.3 Å². The van der Waals surface area contributed by atoms with Gasteiger partial charge in [0.15, 0.2) is 0 Å². The molecule has 0 heterocycles. The van der Waals surface area contributed by atoms with Crippen molar-refractivity contribution < 1.29 is 24.9 Å². The number of aliphatic carboxylic acids is 1. The largest absolute Gasteiger partial charge is 0.481 e. The van der Waals surface area contributed by atoms with Crippen LogP contribution in [0.2, 0.25) is 0 Å². The number of fused-ring (bicyclic) bond motifs is 5. The lowest BCUT2D eigenvalue weighted by molar-refractivity contribution is -0.240. The molecule has 0 radical (unpaired) electrons. The van der Waals surface area contributed by atoms with Crippen molar-refractivity contribution in [3.63, 3.8) is 0 Å². The first kappa shape index (κ1) is 29.4. The Morgan fingerprint density at radius 3 is 2.47 bits per heavy atom. The van der Waals surface area contributed by atoms with Crippen LogP contribution < -0.4 is 0 Å². The number of carboxylic acids is 1. The van der Waals surface area contributed by atoms with Crippen molar-refractivity contribution in [2.45, 2.75) is 105 Å². The number of ether oxygens (including phenoxy) is 1. The van der Waals surface area contributed by atoms with Gasteiger partial charge < -0.3 is 20.1 Å². The smallest absolute Gasteiger partial charge is 0.307 e. The molecule has 0 amide bonds. The van der Waals surface area contributed by atoms with Crippen molar-refractivity contribution in [3.05, 3.63) is 22.1 Å². The summed E-state index contributed by atoms with van der Waals surface area (Å²) >= 11 is 0. The van der Waals surface area contributed by atoms with Gasteiger partial charge >= 0.3 is 5.97 Å². The van der Waals surface area contributed by atoms with E-state index in [0.29, 0.717) is 18.8 Å². The Labute approximate surface area is 227 Å². The maximum absolute atomic E-state index is 12.7. The van der Waals surface area contributed by atoms with Crippen molar-refractivity contribution in [3.8, 4) is 0 Å². The van der Waals surface area contributed by atoms with Crippen molar-refractivity contribution in [2.75, 3.05) is 13.2 Å². The second kappa shape index (κ2) is 10.8. The zero-order valence-corrected chi connectivity index (χ0v) is 24.1. The normalized spacial score (nSPS) is 46.6. The topological polar surface area (TPSA) is 136 Å². The highest BCUT2D eigenvalue weighted by molar-refractivity contribution is 5.71. The first-order valence-electron chi connectivity index (χ1n) is 14.7. The lowest BCUT2D eigenvalue weighted by Crippen LogP contribution is -2.66. The maximum atomic E-state index is 12.7. The van der Waals surface area contributed by atoms with Crippen LogP contribution >= 0.6 is 0 Å². The predicted octanol–water partition coefficient (Wildman–Crippen LogP) is 5.98. The summed E-state index contributed by atoms with van der Waals surface area (Å²) in [5.74, 6) is -0.959. The fourth-order valence-corrected chi connectivity index (χ4v) is 10.2. The first-order chi connectivity index (χ1) is 17.8. The van der Waals surface area contributed by atoms with Gasteiger partial charge in [0, 0.05) is 17.4 Å². The molecule has 3 unspecified atom stereocenters. The number of aliphatic hydroxyl groups is 2. The highest BCUT2D eigenvalue weighted by Gasteiger charge is 2.71. The molecule has 38 heavy (non-hydrogen) atoms. The van der Waals surface area contributed by atoms with E-state index in [4.69, 9.17) is 10.3 Å². The van der Waals surface area contributed by atoms with Crippen LogP contribution in [0.5, 0.6) is 0 Å². The van der Waals surface area contributed by atoms with E-state index in [9.17, 15) is 20.1 Å². The molecule has 12 atom stereocenters. The second-order valence-electron chi connectivity index (χ2n) is 13.9. The number of azide groups is 1. The van der Waals surface area contributed by atoms with Crippen molar-refractivity contribution in [1.82, 2.24) is 0 Å². The van der Waals surface area contributed by atoms with Gasteiger partial charge in [0.1, 0.15) is 0 Å². The molecule has 4 saturated carbocycles. The van der Waals surface area contributed by atoms with Crippen molar-refractivity contribution in [1.29, 1.82) is 0 Å². The molecule has 8 heteroatoms. The first-order valence-corrected chi connectivity index (χ1v) is 14.7. The van der Waals surface area contributed by atoms with E-state index in [2.05, 4.69) is 37.7 Å². The number of carboxylic acid groups (broad SMARTS) is 1. The minimum Gasteiger partial charge on any atom is -0.481 e. The van der Waals surface area contributed by atoms with Gasteiger partial charge in [-0.05, 0) is 104 Å². The predicted molar refractivity (Wildman–Crippen MR) is 146 cm³/mol. The molecule has 4 aliphatic rings. The van der Waals surface area contributed by atoms with Crippen LogP contribution in [-0.2, 0) is 9.53 Å². The van der Waals surface area contributed by atoms with Gasteiger partial charge in [0.2, 0.25) is 0 Å². The SMILES string of the molecule is CC(C)=CC[C@@H](C(=O)O)[C@@H]1C2C[C@@H](O)C3[C@@]4(C)CC[C@@H](O)[C@@H](C)C4CC[C@]3(C)[C@@]2(C)C[C@@H]1OCCN=[N+]=[N-]. The number of allylic oxidation sites excluding steroid dienone is 2. The molecule has 4 rings (SSSR count). The van der Waals surface area contributed by atoms with E-state index in [1.165, 1.54) is 0 Å². The average Bonchev–Trinajstić information content (AvgIpc) is 3.12. The lowest BCUT2D eigenvalue weighted by Gasteiger charge is -2.69. The number of nitrogens with zero attached hydrogens (tertiary/aromatic N) is 3. The molecule has 0 aliphatic heterocycles. The standard InChI is InChI=1S/C30H49N3O5/c1-17(2)7-8-19(27(36)37)25-21-15-23(35)26-28(4)11-10-22(34)18(3)20(28)9-12-29(26,5)30(21,6)16-24(25)38-14-13-32-33-31/h7,18-26,34-35H,8-16H2,1-6H3,(H,36,37)/t18-,19+,20?,21?,22+,23+,24-,25+,26?,28-,29-,30-/m0/s1. The third-order valence-electron chi connectivity index (χ3n) is 12.1. The van der Waals surface area contributed by atoms with Crippen LogP contribution in [0.3, 0.4) is 0 Å². The Kier molecular flexibility index (Phi) is 8.32. The summed E-state index contributed by atoms with van der Waals surface area (Å²) in [6.45, 7) is 13.7. The Balaban J connectivity index is 1.75. The number of aliphatic hydroxyl groups excluding tert-OH is 2. The van der Waals surface area contributed by atoms with Crippen LogP contribution in [0.1, 0.15) is 86.5 Å². The summed E-state index contributed by atoms with van der Waals surface area (Å²) in [6.07, 6.45) is 6.37. The minimum atomic E-state index is -0.812. The molecule has 4 aliphatic carbocycles. The van der Waals surface area contributed by atoms with Gasteiger partial charge in [-0.2, -0.15) is 0 Å². The lowest BCUT2D eigenvalue weighted by atomic mass is 9.36. The van der Waals surface area contributed by atoms with E-state index < -0.39 is 18.0 Å². The average molecular weight is 532 g/mol. The van der Waals surface area contributed by atoms with Gasteiger partial charge in [-0.1, -0.05) is 44.5 Å². The van der Waals surface area contributed by atoms with Crippen LogP contribution in [0, 0.1) is 51.8 Å². The van der Waals surface area contributed by atoms with Gasteiger partial charge in [-0.25, -0.2) is 0 Å². The summed E-state index contributed by atoms with van der Waals surface area (Å²) in [6, 6.07) is 0. The monoisotopic (exact) mass is 531 g/mol. The molecule has 0 spiro atoms. The molecule has 8 nitrogen and oxygen atoms in total. The molecule has 0 aromatic carbocycles. The molecule has 0 aromatic rings. The molecule has 214 valence electrons. The minimum absolute atomic E-state index is 0.0154. The fraction of sp³-hybridized carbons (Fsp3) is 0.900. The highest BCUT2D eigenvalue weighted by atomic mass is 16.5. The fourth-order valence-electron chi connectivity index (χ4n) is 10.2. The summed E-state index contributed by atoms with van der Waals surface area (Å²) < 4.78 is 6.37. The van der Waals surface area contributed by atoms with Gasteiger partial charge in [-0.3, -0.25) is 4.79 Å². The van der Waals surface area contributed by atoms with Crippen LogP contribution in [0.25, 0.3) is 10.4 Å². The summed E-state index contributed by atoms with van der Waals surface area (Å²) in [7, 11) is 0. The number of hydrogen-bond donors (Lipinski definition) is 3. The second-order valence-corrected chi connectivity index (χ2v) is 13.9. The molecule has 3 N–H and O–H groups in total. The third kappa shape index (κ3) is 4.59. The van der Waals surface area contributed by atoms with Gasteiger partial charge in [0.25, 0.3) is 0 Å². The zero-order chi connectivity index (χ0) is 28.0.